The number of oxazole rings is 1. The van der Waals surface area contributed by atoms with Gasteiger partial charge in [-0.15, -0.1) is 0 Å². The zero-order chi connectivity index (χ0) is 20.6. The zero-order valence-corrected chi connectivity index (χ0v) is 16.8. The van der Waals surface area contributed by atoms with E-state index in [1.807, 2.05) is 78.9 Å². The minimum atomic E-state index is -0.241. The van der Waals surface area contributed by atoms with Crippen LogP contribution in [0.25, 0.3) is 11.1 Å². The molecule has 1 aromatic heterocycles. The number of para-hydroxylation sites is 2. The van der Waals surface area contributed by atoms with Gasteiger partial charge in [0.1, 0.15) is 17.9 Å². The van der Waals surface area contributed by atoms with Gasteiger partial charge in [-0.25, -0.2) is 10.4 Å². The van der Waals surface area contributed by atoms with Crippen LogP contribution in [0.1, 0.15) is 11.1 Å². The maximum atomic E-state index is 12.0. The number of hydrogen-bond acceptors (Lipinski definition) is 6. The van der Waals surface area contributed by atoms with E-state index in [1.54, 1.807) is 6.21 Å². The quantitative estimate of drug-likeness (QED) is 0.257. The summed E-state index contributed by atoms with van der Waals surface area (Å²) in [4.78, 5) is 16.3. The summed E-state index contributed by atoms with van der Waals surface area (Å²) < 4.78 is 11.4. The lowest BCUT2D eigenvalue weighted by atomic mass is 10.2. The predicted molar refractivity (Wildman–Crippen MR) is 118 cm³/mol. The number of ether oxygens (including phenoxy) is 1. The molecule has 7 heteroatoms. The monoisotopic (exact) mass is 417 g/mol. The van der Waals surface area contributed by atoms with Crippen LogP contribution in [0.3, 0.4) is 0 Å². The number of aromatic nitrogens is 1. The van der Waals surface area contributed by atoms with Crippen molar-refractivity contribution in [2.24, 2.45) is 5.10 Å². The minimum absolute atomic E-state index is 0.157. The van der Waals surface area contributed by atoms with Crippen LogP contribution < -0.4 is 10.2 Å². The number of fused-ring (bicyclic) bond motifs is 1. The number of thioether (sulfide) groups is 1. The molecule has 0 unspecified atom stereocenters. The molecule has 30 heavy (non-hydrogen) atoms. The van der Waals surface area contributed by atoms with Crippen molar-refractivity contribution in [3.63, 3.8) is 0 Å². The number of rotatable bonds is 8. The van der Waals surface area contributed by atoms with Crippen molar-refractivity contribution >= 4 is 35.0 Å². The van der Waals surface area contributed by atoms with Gasteiger partial charge in [0.2, 0.25) is 0 Å². The summed E-state index contributed by atoms with van der Waals surface area (Å²) in [5.74, 6) is 0.653. The number of nitrogens with one attached hydrogen (secondary N) is 1. The lowest BCUT2D eigenvalue weighted by Crippen LogP contribution is -2.19. The third-order valence-electron chi connectivity index (χ3n) is 4.11. The fourth-order valence-electron chi connectivity index (χ4n) is 2.68. The molecule has 0 radical (unpaired) electrons. The maximum Gasteiger partial charge on any atom is 0.257 e. The molecule has 1 heterocycles. The third-order valence-corrected chi connectivity index (χ3v) is 4.94. The molecule has 4 aromatic rings. The van der Waals surface area contributed by atoms with E-state index in [1.165, 1.54) is 11.8 Å². The van der Waals surface area contributed by atoms with Gasteiger partial charge in [-0.1, -0.05) is 66.4 Å². The summed E-state index contributed by atoms with van der Waals surface area (Å²) >= 11 is 1.22. The molecule has 0 aliphatic heterocycles. The fraction of sp³-hybridized carbons (Fsp3) is 0.0870. The molecule has 150 valence electrons. The Morgan fingerprint density at radius 1 is 1.07 bits per heavy atom. The van der Waals surface area contributed by atoms with E-state index in [-0.39, 0.29) is 11.7 Å². The Morgan fingerprint density at radius 2 is 1.90 bits per heavy atom. The minimum Gasteiger partial charge on any atom is -0.489 e. The number of nitrogens with zero attached hydrogens (tertiary/aromatic N) is 2. The van der Waals surface area contributed by atoms with Gasteiger partial charge in [0.15, 0.2) is 5.58 Å². The highest BCUT2D eigenvalue weighted by Gasteiger charge is 2.08. The van der Waals surface area contributed by atoms with Gasteiger partial charge in [-0.05, 0) is 35.4 Å². The van der Waals surface area contributed by atoms with Crippen molar-refractivity contribution in [3.8, 4) is 5.75 Å². The highest BCUT2D eigenvalue weighted by atomic mass is 32.2. The molecule has 4 rings (SSSR count). The standard InChI is InChI=1S/C23H19N3O3S/c27-22(16-30-23-25-20-11-4-5-12-21(20)29-23)26-24-14-18-9-6-10-19(13-18)28-15-17-7-2-1-3-8-17/h1-14H,15-16H2,(H,26,27)/b24-14-. The molecule has 0 saturated carbocycles. The van der Waals surface area contributed by atoms with Crippen molar-refractivity contribution in [2.75, 3.05) is 5.75 Å². The highest BCUT2D eigenvalue weighted by molar-refractivity contribution is 7.99. The molecule has 0 spiro atoms. The first-order valence-corrected chi connectivity index (χ1v) is 10.3. The van der Waals surface area contributed by atoms with Gasteiger partial charge in [0, 0.05) is 0 Å². The lowest BCUT2D eigenvalue weighted by Gasteiger charge is -2.06. The molecule has 0 saturated heterocycles. The first-order valence-electron chi connectivity index (χ1n) is 9.33. The molecule has 0 aliphatic carbocycles. The fourth-order valence-corrected chi connectivity index (χ4v) is 3.31. The van der Waals surface area contributed by atoms with E-state index >= 15 is 0 Å². The number of carbonyl (C=O) groups excluding carboxylic acids is 1. The number of carbonyl (C=O) groups is 1. The van der Waals surface area contributed by atoms with Crippen LogP contribution in [-0.4, -0.2) is 22.9 Å². The Morgan fingerprint density at radius 3 is 2.77 bits per heavy atom. The number of hydrazone groups is 1. The third kappa shape index (κ3) is 5.48. The molecule has 6 nitrogen and oxygen atoms in total. The first-order chi connectivity index (χ1) is 14.8. The molecule has 3 aromatic carbocycles. The van der Waals surface area contributed by atoms with Crippen LogP contribution in [0.2, 0.25) is 0 Å². The average Bonchev–Trinajstić information content (AvgIpc) is 3.20. The van der Waals surface area contributed by atoms with Gasteiger partial charge in [-0.2, -0.15) is 5.10 Å². The van der Waals surface area contributed by atoms with E-state index in [2.05, 4.69) is 15.5 Å². The molecule has 0 atom stereocenters. The first kappa shape index (κ1) is 19.7. The van der Waals surface area contributed by atoms with Crippen LogP contribution in [0.15, 0.2) is 93.6 Å². The number of amides is 1. The Balaban J connectivity index is 1.25. The van der Waals surface area contributed by atoms with Crippen molar-refractivity contribution in [2.45, 2.75) is 11.8 Å². The summed E-state index contributed by atoms with van der Waals surface area (Å²) in [5.41, 5.74) is 5.91. The van der Waals surface area contributed by atoms with Gasteiger partial charge < -0.3 is 9.15 Å². The smallest absolute Gasteiger partial charge is 0.257 e. The summed E-state index contributed by atoms with van der Waals surface area (Å²) in [5, 5.41) is 4.47. The molecule has 1 amide bonds. The Kier molecular flexibility index (Phi) is 6.41. The van der Waals surface area contributed by atoms with Crippen LogP contribution in [0, 0.1) is 0 Å². The van der Waals surface area contributed by atoms with Crippen molar-refractivity contribution in [3.05, 3.63) is 90.0 Å². The van der Waals surface area contributed by atoms with E-state index < -0.39 is 0 Å². The number of benzene rings is 3. The van der Waals surface area contributed by atoms with Gasteiger partial charge in [-0.3, -0.25) is 4.79 Å². The average molecular weight is 417 g/mol. The van der Waals surface area contributed by atoms with Crippen molar-refractivity contribution in [1.82, 2.24) is 10.4 Å². The molecule has 1 N–H and O–H groups in total. The van der Waals surface area contributed by atoms with Crippen LogP contribution in [0.4, 0.5) is 0 Å². The van der Waals surface area contributed by atoms with Gasteiger partial charge >= 0.3 is 0 Å². The topological polar surface area (TPSA) is 76.7 Å². The summed E-state index contributed by atoms with van der Waals surface area (Å²) in [6.07, 6.45) is 1.58. The van der Waals surface area contributed by atoms with Crippen LogP contribution in [0.5, 0.6) is 5.75 Å². The van der Waals surface area contributed by atoms with E-state index in [9.17, 15) is 4.79 Å². The summed E-state index contributed by atoms with van der Waals surface area (Å²) in [6.45, 7) is 0.491. The second kappa shape index (κ2) is 9.76. The van der Waals surface area contributed by atoms with Crippen LogP contribution in [-0.2, 0) is 11.4 Å². The SMILES string of the molecule is O=C(CSc1nc2ccccc2o1)N/N=C\c1cccc(OCc2ccccc2)c1. The Labute approximate surface area is 178 Å². The second-order valence-electron chi connectivity index (χ2n) is 6.38. The van der Waals surface area contributed by atoms with Crippen molar-refractivity contribution in [1.29, 1.82) is 0 Å². The lowest BCUT2D eigenvalue weighted by molar-refractivity contribution is -0.118. The summed E-state index contributed by atoms with van der Waals surface area (Å²) in [7, 11) is 0. The van der Waals surface area contributed by atoms with Gasteiger partial charge in [0.25, 0.3) is 11.1 Å². The maximum absolute atomic E-state index is 12.0. The van der Waals surface area contributed by atoms with Crippen LogP contribution >= 0.6 is 11.8 Å². The highest BCUT2D eigenvalue weighted by Crippen LogP contribution is 2.22. The summed E-state index contributed by atoms with van der Waals surface area (Å²) in [6, 6.07) is 25.0. The van der Waals surface area contributed by atoms with Crippen molar-refractivity contribution < 1.29 is 13.9 Å². The zero-order valence-electron chi connectivity index (χ0n) is 16.0. The van der Waals surface area contributed by atoms with E-state index in [0.717, 1.165) is 22.4 Å². The molecule has 0 bridgehead atoms. The molecule has 0 aliphatic rings. The predicted octanol–water partition coefficient (Wildman–Crippen LogP) is 4.65. The Hall–Kier alpha value is -3.58. The second-order valence-corrected chi connectivity index (χ2v) is 7.30. The molecule has 0 fully saturated rings. The van der Waals surface area contributed by atoms with E-state index in [0.29, 0.717) is 17.4 Å². The number of hydrogen-bond donors (Lipinski definition) is 1. The largest absolute Gasteiger partial charge is 0.489 e. The Bertz CT molecular complexity index is 1130. The molecular formula is C23H19N3O3S. The normalized spacial score (nSPS) is 11.1. The molecular weight excluding hydrogens is 398 g/mol. The van der Waals surface area contributed by atoms with E-state index in [4.69, 9.17) is 9.15 Å². The van der Waals surface area contributed by atoms with Gasteiger partial charge in [0.05, 0.1) is 12.0 Å².